The highest BCUT2D eigenvalue weighted by atomic mass is 19.1. The number of likely N-dealkylation sites (tertiary alicyclic amines) is 1. The van der Waals surface area contributed by atoms with Crippen molar-refractivity contribution in [3.05, 3.63) is 30.1 Å². The van der Waals surface area contributed by atoms with Crippen molar-refractivity contribution in [2.45, 2.75) is 25.8 Å². The van der Waals surface area contributed by atoms with Crippen LogP contribution >= 0.6 is 0 Å². The highest BCUT2D eigenvalue weighted by Gasteiger charge is 2.28. The number of halogens is 1. The summed E-state index contributed by atoms with van der Waals surface area (Å²) in [4.78, 5) is 17.1. The van der Waals surface area contributed by atoms with Crippen LogP contribution in [-0.2, 0) is 9.53 Å². The normalized spacial score (nSPS) is 21.8. The average molecular weight is 349 g/mol. The molecule has 1 unspecified atom stereocenters. The molecule has 1 aromatic rings. The minimum atomic E-state index is -0.396. The van der Waals surface area contributed by atoms with Gasteiger partial charge in [-0.2, -0.15) is 0 Å². The van der Waals surface area contributed by atoms with Crippen molar-refractivity contribution < 1.29 is 13.9 Å². The van der Waals surface area contributed by atoms with Crippen LogP contribution in [0.25, 0.3) is 0 Å². The summed E-state index contributed by atoms with van der Waals surface area (Å²) in [5, 5.41) is 2.71. The van der Waals surface area contributed by atoms with Crippen LogP contribution in [0.2, 0.25) is 0 Å². The molecule has 0 spiro atoms. The standard InChI is InChI=1S/C19H28FN3O2/c1-15(19(24)21-18-5-3-2-4-17(18)20)23-8-6-16(7-9-23)14-22-10-12-25-13-11-22/h2-5,15-16H,6-14H2,1H3,(H,21,24). The second kappa shape index (κ2) is 8.74. The van der Waals surface area contributed by atoms with E-state index in [0.717, 1.165) is 58.8 Å². The Labute approximate surface area is 149 Å². The van der Waals surface area contributed by atoms with Crippen molar-refractivity contribution in [3.8, 4) is 0 Å². The molecule has 0 bridgehead atoms. The molecule has 0 aliphatic carbocycles. The molecule has 1 atom stereocenters. The van der Waals surface area contributed by atoms with Crippen LogP contribution < -0.4 is 5.32 Å². The molecule has 138 valence electrons. The first-order valence-corrected chi connectivity index (χ1v) is 9.23. The number of carbonyl (C=O) groups excluding carboxylic acids is 1. The summed E-state index contributed by atoms with van der Waals surface area (Å²) in [7, 11) is 0. The molecule has 0 radical (unpaired) electrons. The van der Waals surface area contributed by atoms with E-state index >= 15 is 0 Å². The Morgan fingerprint density at radius 3 is 2.60 bits per heavy atom. The van der Waals surface area contributed by atoms with Crippen LogP contribution in [0.15, 0.2) is 24.3 Å². The van der Waals surface area contributed by atoms with Gasteiger partial charge in [-0.05, 0) is 50.9 Å². The fraction of sp³-hybridized carbons (Fsp3) is 0.632. The Morgan fingerprint density at radius 1 is 1.24 bits per heavy atom. The zero-order valence-corrected chi connectivity index (χ0v) is 14.9. The lowest BCUT2D eigenvalue weighted by Crippen LogP contribution is -2.48. The third-order valence-electron chi connectivity index (χ3n) is 5.33. The molecule has 5 nitrogen and oxygen atoms in total. The van der Waals surface area contributed by atoms with E-state index in [4.69, 9.17) is 4.74 Å². The molecule has 2 aliphatic heterocycles. The predicted octanol–water partition coefficient (Wildman–Crippen LogP) is 2.20. The second-order valence-electron chi connectivity index (χ2n) is 7.04. The molecule has 1 aromatic carbocycles. The number of hydrogen-bond acceptors (Lipinski definition) is 4. The van der Waals surface area contributed by atoms with Gasteiger partial charge in [-0.15, -0.1) is 0 Å². The van der Waals surface area contributed by atoms with Gasteiger partial charge in [-0.3, -0.25) is 14.6 Å². The lowest BCUT2D eigenvalue weighted by atomic mass is 9.95. The van der Waals surface area contributed by atoms with Crippen molar-refractivity contribution in [2.75, 3.05) is 51.3 Å². The third-order valence-corrected chi connectivity index (χ3v) is 5.33. The van der Waals surface area contributed by atoms with E-state index in [1.54, 1.807) is 18.2 Å². The number of benzene rings is 1. The largest absolute Gasteiger partial charge is 0.379 e. The fourth-order valence-corrected chi connectivity index (χ4v) is 3.64. The van der Waals surface area contributed by atoms with E-state index < -0.39 is 5.82 Å². The number of piperidine rings is 1. The minimum Gasteiger partial charge on any atom is -0.379 e. The summed E-state index contributed by atoms with van der Waals surface area (Å²) < 4.78 is 19.1. The maximum atomic E-state index is 13.7. The Bertz CT molecular complexity index is 570. The lowest BCUT2D eigenvalue weighted by Gasteiger charge is -2.38. The molecule has 0 aromatic heterocycles. The number of para-hydroxylation sites is 1. The van der Waals surface area contributed by atoms with Crippen LogP contribution in [0.4, 0.5) is 10.1 Å². The van der Waals surface area contributed by atoms with Gasteiger partial charge in [-0.25, -0.2) is 4.39 Å². The number of ether oxygens (including phenoxy) is 1. The Kier molecular flexibility index (Phi) is 6.39. The molecule has 2 heterocycles. The summed E-state index contributed by atoms with van der Waals surface area (Å²) >= 11 is 0. The molecule has 0 saturated carbocycles. The average Bonchev–Trinajstić information content (AvgIpc) is 2.64. The van der Waals surface area contributed by atoms with Crippen molar-refractivity contribution in [2.24, 2.45) is 5.92 Å². The van der Waals surface area contributed by atoms with E-state index in [2.05, 4.69) is 15.1 Å². The third kappa shape index (κ3) is 5.00. The highest BCUT2D eigenvalue weighted by molar-refractivity contribution is 5.94. The van der Waals surface area contributed by atoms with Gasteiger partial charge in [0.1, 0.15) is 5.82 Å². The lowest BCUT2D eigenvalue weighted by molar-refractivity contribution is -0.121. The summed E-state index contributed by atoms with van der Waals surface area (Å²) in [6.45, 7) is 8.61. The van der Waals surface area contributed by atoms with E-state index in [1.165, 1.54) is 6.07 Å². The predicted molar refractivity (Wildman–Crippen MR) is 96.0 cm³/mol. The Morgan fingerprint density at radius 2 is 1.92 bits per heavy atom. The summed E-state index contributed by atoms with van der Waals surface area (Å²) in [6, 6.07) is 6.05. The van der Waals surface area contributed by atoms with Crippen molar-refractivity contribution in [1.29, 1.82) is 0 Å². The molecule has 3 rings (SSSR count). The number of nitrogens with zero attached hydrogens (tertiary/aromatic N) is 2. The fourth-order valence-electron chi connectivity index (χ4n) is 3.64. The van der Waals surface area contributed by atoms with Crippen molar-refractivity contribution >= 4 is 11.6 Å². The monoisotopic (exact) mass is 349 g/mol. The first-order valence-electron chi connectivity index (χ1n) is 9.23. The van der Waals surface area contributed by atoms with Gasteiger partial charge in [0.25, 0.3) is 0 Å². The van der Waals surface area contributed by atoms with Gasteiger partial charge >= 0.3 is 0 Å². The number of morpholine rings is 1. The molecular formula is C19H28FN3O2. The SMILES string of the molecule is CC(C(=O)Nc1ccccc1F)N1CCC(CN2CCOCC2)CC1. The van der Waals surface area contributed by atoms with Crippen molar-refractivity contribution in [3.63, 3.8) is 0 Å². The first-order chi connectivity index (χ1) is 12.1. The van der Waals surface area contributed by atoms with Gasteiger partial charge in [0, 0.05) is 19.6 Å². The van der Waals surface area contributed by atoms with Gasteiger partial charge in [0.2, 0.25) is 5.91 Å². The van der Waals surface area contributed by atoms with Crippen LogP contribution in [0, 0.1) is 11.7 Å². The topological polar surface area (TPSA) is 44.8 Å². The Balaban J connectivity index is 1.45. The van der Waals surface area contributed by atoms with Gasteiger partial charge < -0.3 is 10.1 Å². The van der Waals surface area contributed by atoms with E-state index in [9.17, 15) is 9.18 Å². The zero-order valence-electron chi connectivity index (χ0n) is 14.9. The second-order valence-corrected chi connectivity index (χ2v) is 7.04. The van der Waals surface area contributed by atoms with Crippen LogP contribution in [-0.4, -0.2) is 67.7 Å². The number of amides is 1. The minimum absolute atomic E-state index is 0.142. The first kappa shape index (κ1) is 18.3. The van der Waals surface area contributed by atoms with Crippen LogP contribution in [0.1, 0.15) is 19.8 Å². The van der Waals surface area contributed by atoms with Crippen LogP contribution in [0.5, 0.6) is 0 Å². The molecule has 6 heteroatoms. The zero-order chi connectivity index (χ0) is 17.6. The molecule has 2 saturated heterocycles. The molecular weight excluding hydrogens is 321 g/mol. The number of carbonyl (C=O) groups is 1. The molecule has 2 aliphatic rings. The summed E-state index contributed by atoms with van der Waals surface area (Å²) in [5.41, 5.74) is 0.251. The quantitative estimate of drug-likeness (QED) is 0.885. The maximum Gasteiger partial charge on any atom is 0.241 e. The summed E-state index contributed by atoms with van der Waals surface area (Å²) in [6.07, 6.45) is 2.21. The Hall–Kier alpha value is -1.50. The molecule has 1 N–H and O–H groups in total. The molecule has 1 amide bonds. The van der Waals surface area contributed by atoms with Crippen molar-refractivity contribution in [1.82, 2.24) is 9.80 Å². The smallest absolute Gasteiger partial charge is 0.241 e. The summed E-state index contributed by atoms with van der Waals surface area (Å²) in [5.74, 6) is 0.153. The number of nitrogens with one attached hydrogen (secondary N) is 1. The van der Waals surface area contributed by atoms with E-state index in [0.29, 0.717) is 5.92 Å². The van der Waals surface area contributed by atoms with Gasteiger partial charge in [-0.1, -0.05) is 12.1 Å². The van der Waals surface area contributed by atoms with Gasteiger partial charge in [0.05, 0.1) is 24.9 Å². The maximum absolute atomic E-state index is 13.7. The number of hydrogen-bond donors (Lipinski definition) is 1. The molecule has 25 heavy (non-hydrogen) atoms. The van der Waals surface area contributed by atoms with E-state index in [-0.39, 0.29) is 17.6 Å². The highest BCUT2D eigenvalue weighted by Crippen LogP contribution is 2.21. The number of anilines is 1. The van der Waals surface area contributed by atoms with Gasteiger partial charge in [0.15, 0.2) is 0 Å². The van der Waals surface area contributed by atoms with Crippen LogP contribution in [0.3, 0.4) is 0 Å². The van der Waals surface area contributed by atoms with E-state index in [1.807, 2.05) is 6.92 Å². The molecule has 2 fully saturated rings. The number of rotatable bonds is 5.